The summed E-state index contributed by atoms with van der Waals surface area (Å²) in [7, 11) is 0. The number of anilines is 1. The average molecular weight is 280 g/mol. The molecule has 0 spiro atoms. The van der Waals surface area contributed by atoms with Crippen LogP contribution in [0.3, 0.4) is 0 Å². The van der Waals surface area contributed by atoms with Gasteiger partial charge in [-0.1, -0.05) is 0 Å². The van der Waals surface area contributed by atoms with Gasteiger partial charge in [-0.05, 0) is 43.9 Å². The molecule has 2 N–H and O–H groups in total. The van der Waals surface area contributed by atoms with Gasteiger partial charge in [0.05, 0.1) is 11.3 Å². The predicted octanol–water partition coefficient (Wildman–Crippen LogP) is 2.79. The molecule has 2 amide bonds. The molecule has 0 bridgehead atoms. The van der Waals surface area contributed by atoms with E-state index in [1.165, 1.54) is 0 Å². The van der Waals surface area contributed by atoms with Crippen molar-refractivity contribution in [3.05, 3.63) is 29.6 Å². The summed E-state index contributed by atoms with van der Waals surface area (Å²) in [5.41, 5.74) is -0.140. The van der Waals surface area contributed by atoms with Crippen molar-refractivity contribution in [2.75, 3.05) is 18.4 Å². The zero-order valence-electron chi connectivity index (χ0n) is 11.2. The Balaban J connectivity index is 2.12. The van der Waals surface area contributed by atoms with Gasteiger partial charge in [-0.15, -0.1) is 0 Å². The number of rotatable bonds is 5. The number of urea groups is 1. The Morgan fingerprint density at radius 3 is 2.70 bits per heavy atom. The van der Waals surface area contributed by atoms with Gasteiger partial charge in [0, 0.05) is 13.1 Å². The Kier molecular flexibility index (Phi) is 4.22. The molecule has 0 atom stereocenters. The molecule has 1 aliphatic carbocycles. The monoisotopic (exact) mass is 280 g/mol. The van der Waals surface area contributed by atoms with Gasteiger partial charge in [-0.2, -0.15) is 0 Å². The molecule has 5 nitrogen and oxygen atoms in total. The Bertz CT molecular complexity index is 529. The Hall–Kier alpha value is -2.11. The van der Waals surface area contributed by atoms with Crippen molar-refractivity contribution in [3.63, 3.8) is 0 Å². The summed E-state index contributed by atoms with van der Waals surface area (Å²) in [6.07, 6.45) is 2.23. The summed E-state index contributed by atoms with van der Waals surface area (Å²) in [5.74, 6) is -1.26. The van der Waals surface area contributed by atoms with Gasteiger partial charge in [0.25, 0.3) is 0 Å². The third-order valence-corrected chi connectivity index (χ3v) is 3.30. The minimum Gasteiger partial charge on any atom is -0.478 e. The van der Waals surface area contributed by atoms with Crippen LogP contribution in [-0.4, -0.2) is 35.1 Å². The number of hydrogen-bond acceptors (Lipinski definition) is 2. The van der Waals surface area contributed by atoms with E-state index in [1.807, 2.05) is 6.92 Å². The number of halogens is 1. The topological polar surface area (TPSA) is 69.6 Å². The fraction of sp³-hybridized carbons (Fsp3) is 0.429. The van der Waals surface area contributed by atoms with Gasteiger partial charge >= 0.3 is 12.0 Å². The summed E-state index contributed by atoms with van der Waals surface area (Å²) in [4.78, 5) is 24.8. The van der Waals surface area contributed by atoms with E-state index in [1.54, 1.807) is 4.90 Å². The lowest BCUT2D eigenvalue weighted by Gasteiger charge is -2.21. The maximum Gasteiger partial charge on any atom is 0.337 e. The van der Waals surface area contributed by atoms with E-state index in [0.29, 0.717) is 19.0 Å². The first kappa shape index (κ1) is 14.3. The number of carboxylic acids is 1. The van der Waals surface area contributed by atoms with Crippen LogP contribution in [-0.2, 0) is 0 Å². The highest BCUT2D eigenvalue weighted by Crippen LogP contribution is 2.30. The SMILES string of the molecule is CCN(CC1CC1)C(=O)Nc1cc(F)ccc1C(=O)O. The van der Waals surface area contributed by atoms with Crippen LogP contribution in [0.5, 0.6) is 0 Å². The highest BCUT2D eigenvalue weighted by molar-refractivity contribution is 6.00. The number of nitrogens with zero attached hydrogens (tertiary/aromatic N) is 1. The first-order valence-electron chi connectivity index (χ1n) is 6.60. The van der Waals surface area contributed by atoms with Crippen LogP contribution in [0.1, 0.15) is 30.1 Å². The number of aromatic carboxylic acids is 1. The fourth-order valence-corrected chi connectivity index (χ4v) is 1.97. The number of carbonyl (C=O) groups is 2. The average Bonchev–Trinajstić information content (AvgIpc) is 3.19. The number of carboxylic acid groups (broad SMARTS) is 1. The smallest absolute Gasteiger partial charge is 0.337 e. The normalized spacial score (nSPS) is 13.9. The molecule has 0 radical (unpaired) electrons. The molecule has 1 fully saturated rings. The van der Waals surface area contributed by atoms with Crippen molar-refractivity contribution >= 4 is 17.7 Å². The van der Waals surface area contributed by atoms with E-state index in [-0.39, 0.29) is 11.3 Å². The standard InChI is InChI=1S/C14H17FN2O3/c1-2-17(8-9-3-4-9)14(20)16-12-7-10(15)5-6-11(12)13(18)19/h5-7,9H,2-4,8H2,1H3,(H,16,20)(H,18,19). The second kappa shape index (κ2) is 5.90. The summed E-state index contributed by atoms with van der Waals surface area (Å²) in [6, 6.07) is 2.82. The molecule has 0 aliphatic heterocycles. The number of amides is 2. The number of benzene rings is 1. The van der Waals surface area contributed by atoms with Crippen LogP contribution in [0.25, 0.3) is 0 Å². The van der Waals surface area contributed by atoms with Gasteiger partial charge in [0.15, 0.2) is 0 Å². The number of carbonyl (C=O) groups excluding carboxylic acids is 1. The zero-order chi connectivity index (χ0) is 14.7. The first-order chi connectivity index (χ1) is 9.51. The molecule has 1 aliphatic rings. The van der Waals surface area contributed by atoms with E-state index in [2.05, 4.69) is 5.32 Å². The predicted molar refractivity (Wildman–Crippen MR) is 72.3 cm³/mol. The van der Waals surface area contributed by atoms with Gasteiger partial charge in [-0.3, -0.25) is 0 Å². The molecule has 1 saturated carbocycles. The minimum atomic E-state index is -1.20. The van der Waals surface area contributed by atoms with E-state index >= 15 is 0 Å². The summed E-state index contributed by atoms with van der Waals surface area (Å²) in [5, 5.41) is 11.5. The van der Waals surface area contributed by atoms with Crippen molar-refractivity contribution in [1.29, 1.82) is 0 Å². The highest BCUT2D eigenvalue weighted by Gasteiger charge is 2.26. The largest absolute Gasteiger partial charge is 0.478 e. The van der Waals surface area contributed by atoms with Crippen LogP contribution in [0.15, 0.2) is 18.2 Å². The second-order valence-electron chi connectivity index (χ2n) is 4.91. The van der Waals surface area contributed by atoms with Crippen LogP contribution in [0.2, 0.25) is 0 Å². The second-order valence-corrected chi connectivity index (χ2v) is 4.91. The fourth-order valence-electron chi connectivity index (χ4n) is 1.97. The molecule has 20 heavy (non-hydrogen) atoms. The molecule has 0 aromatic heterocycles. The molecule has 1 aromatic rings. The lowest BCUT2D eigenvalue weighted by atomic mass is 10.1. The van der Waals surface area contributed by atoms with Crippen molar-refractivity contribution in [3.8, 4) is 0 Å². The van der Waals surface area contributed by atoms with Crippen molar-refractivity contribution in [1.82, 2.24) is 4.90 Å². The van der Waals surface area contributed by atoms with Gasteiger partial charge in [-0.25, -0.2) is 14.0 Å². The van der Waals surface area contributed by atoms with E-state index < -0.39 is 17.8 Å². The summed E-state index contributed by atoms with van der Waals surface area (Å²) < 4.78 is 13.2. The third-order valence-electron chi connectivity index (χ3n) is 3.30. The van der Waals surface area contributed by atoms with Gasteiger partial charge in [0.2, 0.25) is 0 Å². The maximum absolute atomic E-state index is 13.2. The van der Waals surface area contributed by atoms with Crippen LogP contribution in [0, 0.1) is 11.7 Å². The van der Waals surface area contributed by atoms with Crippen LogP contribution in [0.4, 0.5) is 14.9 Å². The summed E-state index contributed by atoms with van der Waals surface area (Å²) >= 11 is 0. The lowest BCUT2D eigenvalue weighted by molar-refractivity contribution is 0.0698. The Labute approximate surface area is 116 Å². The van der Waals surface area contributed by atoms with Crippen LogP contribution < -0.4 is 5.32 Å². The van der Waals surface area contributed by atoms with Crippen molar-refractivity contribution in [2.24, 2.45) is 5.92 Å². The first-order valence-corrected chi connectivity index (χ1v) is 6.60. The number of nitrogens with one attached hydrogen (secondary N) is 1. The molecule has 0 unspecified atom stereocenters. The molecular formula is C14H17FN2O3. The molecule has 108 valence electrons. The number of hydrogen-bond donors (Lipinski definition) is 2. The molecule has 0 saturated heterocycles. The van der Waals surface area contributed by atoms with Gasteiger partial charge in [0.1, 0.15) is 5.82 Å². The molecule has 0 heterocycles. The minimum absolute atomic E-state index is 0.0169. The van der Waals surface area contributed by atoms with E-state index in [0.717, 1.165) is 31.0 Å². The highest BCUT2D eigenvalue weighted by atomic mass is 19.1. The van der Waals surface area contributed by atoms with Crippen molar-refractivity contribution in [2.45, 2.75) is 19.8 Å². The molecule has 1 aromatic carbocycles. The van der Waals surface area contributed by atoms with E-state index in [4.69, 9.17) is 5.11 Å². The quantitative estimate of drug-likeness (QED) is 0.871. The molecule has 6 heteroatoms. The Morgan fingerprint density at radius 1 is 1.45 bits per heavy atom. The molecule has 2 rings (SSSR count). The summed E-state index contributed by atoms with van der Waals surface area (Å²) in [6.45, 7) is 3.03. The van der Waals surface area contributed by atoms with E-state index in [9.17, 15) is 14.0 Å². The Morgan fingerprint density at radius 2 is 2.15 bits per heavy atom. The third kappa shape index (κ3) is 3.46. The van der Waals surface area contributed by atoms with Crippen molar-refractivity contribution < 1.29 is 19.1 Å². The zero-order valence-corrected chi connectivity index (χ0v) is 11.2. The van der Waals surface area contributed by atoms with Crippen LogP contribution >= 0.6 is 0 Å². The lowest BCUT2D eigenvalue weighted by Crippen LogP contribution is -2.36. The van der Waals surface area contributed by atoms with Gasteiger partial charge < -0.3 is 15.3 Å². The molecular weight excluding hydrogens is 263 g/mol. The maximum atomic E-state index is 13.2.